The number of aryl methyl sites for hydroxylation is 1. The molecular weight excluding hydrogens is 388 g/mol. The molecule has 0 radical (unpaired) electrons. The van der Waals surface area contributed by atoms with Crippen molar-refractivity contribution in [2.75, 3.05) is 7.11 Å². The van der Waals surface area contributed by atoms with E-state index in [-0.39, 0.29) is 5.41 Å². The highest BCUT2D eigenvalue weighted by Crippen LogP contribution is 2.64. The highest BCUT2D eigenvalue weighted by atomic mass is 16.5. The monoisotopic (exact) mass is 418 g/mol. The summed E-state index contributed by atoms with van der Waals surface area (Å²) in [7, 11) is 1.70. The van der Waals surface area contributed by atoms with Crippen LogP contribution in [-0.2, 0) is 10.2 Å². The van der Waals surface area contributed by atoms with Crippen molar-refractivity contribution in [3.05, 3.63) is 53.1 Å². The van der Waals surface area contributed by atoms with E-state index in [2.05, 4.69) is 6.07 Å². The van der Waals surface area contributed by atoms with E-state index in [0.717, 1.165) is 76.7 Å². The Morgan fingerprint density at radius 1 is 1.10 bits per heavy atom. The number of aromatic hydroxyl groups is 1. The second-order valence-electron chi connectivity index (χ2n) is 9.99. The maximum atomic E-state index is 11.7. The number of ether oxygens (including phenoxy) is 1. The van der Waals surface area contributed by atoms with E-state index >= 15 is 0 Å². The number of phenolic OH excluding ortho intramolecular Hbond substituents is 1. The zero-order valence-corrected chi connectivity index (χ0v) is 18.2. The topological polar surface area (TPSA) is 66.8 Å². The van der Waals surface area contributed by atoms with Crippen LogP contribution in [0.4, 0.5) is 0 Å². The first kappa shape index (κ1) is 20.2. The van der Waals surface area contributed by atoms with Crippen molar-refractivity contribution in [1.82, 2.24) is 0 Å². The molecule has 4 heteroatoms. The van der Waals surface area contributed by atoms with Gasteiger partial charge in [-0.15, -0.1) is 0 Å². The molecule has 0 saturated heterocycles. The van der Waals surface area contributed by atoms with Crippen molar-refractivity contribution in [2.45, 2.75) is 50.9 Å². The van der Waals surface area contributed by atoms with E-state index in [0.29, 0.717) is 5.75 Å². The maximum Gasteiger partial charge on any atom is 0.328 e. The van der Waals surface area contributed by atoms with Gasteiger partial charge in [-0.25, -0.2) is 4.79 Å². The quantitative estimate of drug-likeness (QED) is 0.590. The molecule has 2 N–H and O–H groups in total. The van der Waals surface area contributed by atoms with Gasteiger partial charge >= 0.3 is 5.97 Å². The van der Waals surface area contributed by atoms with Crippen LogP contribution in [0.15, 0.2) is 36.4 Å². The van der Waals surface area contributed by atoms with Gasteiger partial charge < -0.3 is 14.9 Å². The summed E-state index contributed by atoms with van der Waals surface area (Å²) in [5, 5.41) is 20.7. The summed E-state index contributed by atoms with van der Waals surface area (Å²) in [4.78, 5) is 10.9. The molecule has 0 spiro atoms. The summed E-state index contributed by atoms with van der Waals surface area (Å²) in [6, 6.07) is 9.78. The Hall–Kier alpha value is -2.75. The Morgan fingerprint density at radius 3 is 2.32 bits per heavy atom. The molecule has 0 heterocycles. The van der Waals surface area contributed by atoms with Gasteiger partial charge in [-0.1, -0.05) is 18.2 Å². The number of benzene rings is 2. The molecule has 4 fully saturated rings. The zero-order valence-electron chi connectivity index (χ0n) is 18.2. The Morgan fingerprint density at radius 2 is 1.74 bits per heavy atom. The molecule has 4 aliphatic rings. The summed E-state index contributed by atoms with van der Waals surface area (Å²) in [6.07, 6.45) is 10.2. The molecule has 2 aromatic rings. The largest absolute Gasteiger partial charge is 0.507 e. The number of aliphatic carboxylic acids is 1. The van der Waals surface area contributed by atoms with E-state index in [1.807, 2.05) is 31.2 Å². The first-order valence-corrected chi connectivity index (χ1v) is 11.3. The molecular formula is C27H30O4. The van der Waals surface area contributed by atoms with E-state index in [9.17, 15) is 9.90 Å². The number of carboxylic acid groups (broad SMARTS) is 1. The highest BCUT2D eigenvalue weighted by Gasteiger charge is 2.53. The standard InChI is InChI=1S/C27H30O4/c1-16-8-22(31-2)25(27-13-18-9-19(14-27)11-20(10-18)15-27)26(30)24(16)21-5-3-4-17(12-21)6-7-23(28)29/h3-8,12,18-20,30H,9-11,13-15H2,1-2H3,(H,28,29). The second kappa shape index (κ2) is 7.44. The van der Waals surface area contributed by atoms with Crippen LogP contribution in [-0.4, -0.2) is 23.3 Å². The lowest BCUT2D eigenvalue weighted by molar-refractivity contribution is -0.131. The first-order chi connectivity index (χ1) is 14.9. The normalized spacial score (nSPS) is 28.9. The van der Waals surface area contributed by atoms with E-state index < -0.39 is 5.97 Å². The average Bonchev–Trinajstić information content (AvgIpc) is 2.71. The Balaban J connectivity index is 1.64. The van der Waals surface area contributed by atoms with Crippen LogP contribution in [0.25, 0.3) is 17.2 Å². The second-order valence-corrected chi connectivity index (χ2v) is 9.99. The Kier molecular flexibility index (Phi) is 4.84. The SMILES string of the molecule is COc1cc(C)c(-c2cccc(C=CC(=O)O)c2)c(O)c1C12CC3CC(CC(C3)C1)C2. The van der Waals surface area contributed by atoms with Crippen LogP contribution in [0.3, 0.4) is 0 Å². The Labute approximate surface area is 183 Å². The third-order valence-electron chi connectivity index (χ3n) is 7.84. The van der Waals surface area contributed by atoms with Gasteiger partial charge in [0, 0.05) is 22.6 Å². The molecule has 6 rings (SSSR count). The van der Waals surface area contributed by atoms with Crippen LogP contribution >= 0.6 is 0 Å². The van der Waals surface area contributed by atoms with Crippen LogP contribution in [0.5, 0.6) is 11.5 Å². The van der Waals surface area contributed by atoms with Crippen LogP contribution in [0.2, 0.25) is 0 Å². The van der Waals surface area contributed by atoms with Gasteiger partial charge in [0.2, 0.25) is 0 Å². The summed E-state index contributed by atoms with van der Waals surface area (Å²) < 4.78 is 5.84. The minimum atomic E-state index is -0.974. The predicted octanol–water partition coefficient (Wildman–Crippen LogP) is 5.94. The highest BCUT2D eigenvalue weighted by molar-refractivity contribution is 5.86. The lowest BCUT2D eigenvalue weighted by Gasteiger charge is -2.57. The van der Waals surface area contributed by atoms with Gasteiger partial charge in [0.1, 0.15) is 11.5 Å². The van der Waals surface area contributed by atoms with Crippen molar-refractivity contribution in [2.24, 2.45) is 17.8 Å². The molecule has 0 atom stereocenters. The fourth-order valence-corrected chi connectivity index (χ4v) is 7.19. The minimum Gasteiger partial charge on any atom is -0.507 e. The molecule has 0 amide bonds. The molecule has 0 aromatic heterocycles. The molecule has 0 unspecified atom stereocenters. The molecule has 4 saturated carbocycles. The van der Waals surface area contributed by atoms with Gasteiger partial charge in [-0.3, -0.25) is 0 Å². The molecule has 31 heavy (non-hydrogen) atoms. The fraction of sp³-hybridized carbons (Fsp3) is 0.444. The van der Waals surface area contributed by atoms with E-state index in [1.165, 1.54) is 19.3 Å². The number of hydrogen-bond donors (Lipinski definition) is 2. The minimum absolute atomic E-state index is 0.00739. The van der Waals surface area contributed by atoms with Gasteiger partial charge in [-0.05, 0) is 98.1 Å². The smallest absolute Gasteiger partial charge is 0.328 e. The van der Waals surface area contributed by atoms with Gasteiger partial charge in [0.15, 0.2) is 0 Å². The number of carboxylic acids is 1. The number of rotatable bonds is 5. The Bertz CT molecular complexity index is 1030. The molecule has 4 aliphatic carbocycles. The van der Waals surface area contributed by atoms with Gasteiger partial charge in [0.05, 0.1) is 7.11 Å². The van der Waals surface area contributed by atoms with Crippen molar-refractivity contribution >= 4 is 12.0 Å². The van der Waals surface area contributed by atoms with E-state index in [4.69, 9.17) is 9.84 Å². The zero-order chi connectivity index (χ0) is 21.8. The van der Waals surface area contributed by atoms with Gasteiger partial charge in [-0.2, -0.15) is 0 Å². The van der Waals surface area contributed by atoms with Crippen molar-refractivity contribution in [3.8, 4) is 22.6 Å². The fourth-order valence-electron chi connectivity index (χ4n) is 7.19. The number of carbonyl (C=O) groups is 1. The number of phenols is 1. The van der Waals surface area contributed by atoms with E-state index in [1.54, 1.807) is 13.2 Å². The van der Waals surface area contributed by atoms with Crippen LogP contribution < -0.4 is 4.74 Å². The van der Waals surface area contributed by atoms with Crippen molar-refractivity contribution in [3.63, 3.8) is 0 Å². The van der Waals surface area contributed by atoms with Crippen molar-refractivity contribution < 1.29 is 19.7 Å². The van der Waals surface area contributed by atoms with Gasteiger partial charge in [0.25, 0.3) is 0 Å². The summed E-state index contributed by atoms with van der Waals surface area (Å²) in [6.45, 7) is 2.00. The lowest BCUT2D eigenvalue weighted by atomic mass is 9.47. The molecule has 4 bridgehead atoms. The molecule has 2 aromatic carbocycles. The molecule has 4 nitrogen and oxygen atoms in total. The molecule has 0 aliphatic heterocycles. The molecule has 162 valence electrons. The summed E-state index contributed by atoms with van der Waals surface area (Å²) in [5.41, 5.74) is 4.50. The third-order valence-corrected chi connectivity index (χ3v) is 7.84. The van der Waals surface area contributed by atoms with Crippen molar-refractivity contribution in [1.29, 1.82) is 0 Å². The lowest BCUT2D eigenvalue weighted by Crippen LogP contribution is -2.48. The number of methoxy groups -OCH3 is 1. The maximum absolute atomic E-state index is 11.7. The average molecular weight is 419 g/mol. The van der Waals surface area contributed by atoms with Crippen LogP contribution in [0, 0.1) is 24.7 Å². The summed E-state index contributed by atoms with van der Waals surface area (Å²) in [5.74, 6) is 2.48. The first-order valence-electron chi connectivity index (χ1n) is 11.3. The third kappa shape index (κ3) is 3.42. The predicted molar refractivity (Wildman–Crippen MR) is 121 cm³/mol. The summed E-state index contributed by atoms with van der Waals surface area (Å²) >= 11 is 0. The van der Waals surface area contributed by atoms with Crippen LogP contribution in [0.1, 0.15) is 55.2 Å². The number of hydrogen-bond acceptors (Lipinski definition) is 3.